The van der Waals surface area contributed by atoms with E-state index in [0.29, 0.717) is 35.5 Å². The molecule has 8 nitrogen and oxygen atoms in total. The maximum absolute atomic E-state index is 13.2. The van der Waals surface area contributed by atoms with Crippen LogP contribution in [0.5, 0.6) is 0 Å². The number of fused-ring (bicyclic) bond motifs is 2. The second-order valence-electron chi connectivity index (χ2n) is 7.73. The Kier molecular flexibility index (Phi) is 5.40. The molecule has 0 fully saturated rings. The van der Waals surface area contributed by atoms with Crippen LogP contribution in [-0.4, -0.2) is 29.8 Å². The quantitative estimate of drug-likeness (QED) is 0.438. The Bertz CT molecular complexity index is 1520. The summed E-state index contributed by atoms with van der Waals surface area (Å²) in [6.07, 6.45) is 7.65. The van der Waals surface area contributed by atoms with E-state index in [4.69, 9.17) is 0 Å². The van der Waals surface area contributed by atoms with Crippen molar-refractivity contribution in [3.05, 3.63) is 94.9 Å². The highest BCUT2D eigenvalue weighted by Gasteiger charge is 2.19. The van der Waals surface area contributed by atoms with Crippen molar-refractivity contribution in [2.45, 2.75) is 26.4 Å². The van der Waals surface area contributed by atoms with Crippen LogP contribution in [0.2, 0.25) is 0 Å². The lowest BCUT2D eigenvalue weighted by atomic mass is 10.1. The van der Waals surface area contributed by atoms with Crippen LogP contribution in [0.25, 0.3) is 27.9 Å². The average molecular weight is 438 g/mol. The smallest absolute Gasteiger partial charge is 0.268 e. The third-order valence-corrected chi connectivity index (χ3v) is 5.51. The van der Waals surface area contributed by atoms with Crippen molar-refractivity contribution in [2.24, 2.45) is 0 Å². The van der Waals surface area contributed by atoms with Crippen molar-refractivity contribution in [3.63, 3.8) is 0 Å². The van der Waals surface area contributed by atoms with Crippen molar-refractivity contribution in [1.82, 2.24) is 29.2 Å². The highest BCUT2D eigenvalue weighted by Crippen LogP contribution is 2.19. The molecule has 5 aromatic rings. The topological polar surface area (TPSA) is 94.2 Å². The van der Waals surface area contributed by atoms with Crippen molar-refractivity contribution < 1.29 is 4.79 Å². The number of aromatic nitrogens is 5. The predicted molar refractivity (Wildman–Crippen MR) is 126 cm³/mol. The Balaban J connectivity index is 1.46. The monoisotopic (exact) mass is 438 g/mol. The molecule has 0 saturated carbocycles. The molecule has 0 aliphatic carbocycles. The van der Waals surface area contributed by atoms with Crippen LogP contribution in [-0.2, 0) is 13.1 Å². The molecule has 0 saturated heterocycles. The van der Waals surface area contributed by atoms with Gasteiger partial charge in [-0.2, -0.15) is 0 Å². The normalized spacial score (nSPS) is 11.2. The van der Waals surface area contributed by atoms with E-state index in [1.807, 2.05) is 41.8 Å². The molecule has 5 aromatic heterocycles. The van der Waals surface area contributed by atoms with Gasteiger partial charge in [0.2, 0.25) is 0 Å². The van der Waals surface area contributed by atoms with Gasteiger partial charge < -0.3 is 9.88 Å². The van der Waals surface area contributed by atoms with Gasteiger partial charge in [-0.1, -0.05) is 13.0 Å². The highest BCUT2D eigenvalue weighted by molar-refractivity contribution is 5.98. The molecule has 33 heavy (non-hydrogen) atoms. The minimum absolute atomic E-state index is 0.185. The molecule has 0 aliphatic rings. The van der Waals surface area contributed by atoms with Gasteiger partial charge in [-0.05, 0) is 54.4 Å². The summed E-state index contributed by atoms with van der Waals surface area (Å²) in [5.74, 6) is -0.253. The number of carbonyl (C=O) groups is 1. The van der Waals surface area contributed by atoms with Crippen molar-refractivity contribution in [3.8, 4) is 11.3 Å². The SMILES string of the molecule is CCCn1c(C(=O)NCc2ccnc(-c3ccncc3)c2)cc2c(=O)n3ccccc3nc21. The Morgan fingerprint density at radius 1 is 1.06 bits per heavy atom. The Hall–Kier alpha value is -4.33. The van der Waals surface area contributed by atoms with E-state index in [1.54, 1.807) is 43.0 Å². The molecular weight excluding hydrogens is 416 g/mol. The van der Waals surface area contributed by atoms with E-state index in [1.165, 1.54) is 4.40 Å². The summed E-state index contributed by atoms with van der Waals surface area (Å²) < 4.78 is 3.33. The number of pyridine rings is 3. The van der Waals surface area contributed by atoms with E-state index in [9.17, 15) is 9.59 Å². The molecule has 0 aliphatic heterocycles. The van der Waals surface area contributed by atoms with E-state index in [-0.39, 0.29) is 11.5 Å². The molecule has 0 spiro atoms. The molecule has 1 amide bonds. The average Bonchev–Trinajstić information content (AvgIpc) is 3.22. The van der Waals surface area contributed by atoms with Crippen LogP contribution in [0.1, 0.15) is 29.4 Å². The van der Waals surface area contributed by atoms with Crippen LogP contribution in [0.15, 0.2) is 78.1 Å². The van der Waals surface area contributed by atoms with Crippen LogP contribution in [0.4, 0.5) is 0 Å². The van der Waals surface area contributed by atoms with E-state index < -0.39 is 0 Å². The number of hydrogen-bond donors (Lipinski definition) is 1. The summed E-state index contributed by atoms with van der Waals surface area (Å²) in [6, 6.07) is 14.6. The molecule has 1 N–H and O–H groups in total. The molecule has 0 bridgehead atoms. The summed E-state index contributed by atoms with van der Waals surface area (Å²) >= 11 is 0. The first-order valence-corrected chi connectivity index (χ1v) is 10.8. The van der Waals surface area contributed by atoms with Gasteiger partial charge in [0.15, 0.2) is 0 Å². The molecule has 0 atom stereocenters. The number of aryl methyl sites for hydroxylation is 1. The van der Waals surface area contributed by atoms with Crippen LogP contribution < -0.4 is 10.9 Å². The molecule has 8 heteroatoms. The summed E-state index contributed by atoms with van der Waals surface area (Å²) in [4.78, 5) is 39.2. The van der Waals surface area contributed by atoms with Gasteiger partial charge in [0.25, 0.3) is 11.5 Å². The first-order valence-electron chi connectivity index (χ1n) is 10.8. The van der Waals surface area contributed by atoms with Crippen molar-refractivity contribution >= 4 is 22.6 Å². The number of nitrogens with one attached hydrogen (secondary N) is 1. The van der Waals surface area contributed by atoms with Crippen LogP contribution >= 0.6 is 0 Å². The lowest BCUT2D eigenvalue weighted by Crippen LogP contribution is -2.25. The minimum atomic E-state index is -0.253. The van der Waals surface area contributed by atoms with Gasteiger partial charge in [0, 0.05) is 43.4 Å². The summed E-state index contributed by atoms with van der Waals surface area (Å²) in [5.41, 5.74) is 4.02. The zero-order valence-corrected chi connectivity index (χ0v) is 18.1. The molecule has 5 rings (SSSR count). The maximum atomic E-state index is 13.2. The number of amides is 1. The zero-order valence-electron chi connectivity index (χ0n) is 18.1. The van der Waals surface area contributed by atoms with Gasteiger partial charge in [-0.25, -0.2) is 4.98 Å². The van der Waals surface area contributed by atoms with Gasteiger partial charge in [0.05, 0.1) is 11.1 Å². The standard InChI is InChI=1S/C25H22N6O2/c1-2-12-30-21(15-19-23(30)29-22-5-3-4-13-31(22)25(19)33)24(32)28-16-17-6-11-27-20(14-17)18-7-9-26-10-8-18/h3-11,13-15H,2,12,16H2,1H3,(H,28,32). The number of rotatable bonds is 6. The Morgan fingerprint density at radius 3 is 2.73 bits per heavy atom. The first kappa shape index (κ1) is 20.6. The largest absolute Gasteiger partial charge is 0.347 e. The fraction of sp³-hybridized carbons (Fsp3) is 0.160. The number of hydrogen-bond acceptors (Lipinski definition) is 5. The van der Waals surface area contributed by atoms with Crippen LogP contribution in [0.3, 0.4) is 0 Å². The molecule has 0 radical (unpaired) electrons. The van der Waals surface area contributed by atoms with Crippen LogP contribution in [0, 0.1) is 0 Å². The lowest BCUT2D eigenvalue weighted by molar-refractivity contribution is 0.0942. The maximum Gasteiger partial charge on any atom is 0.268 e. The second kappa shape index (κ2) is 8.66. The Labute approximate surface area is 189 Å². The molecule has 164 valence electrons. The highest BCUT2D eigenvalue weighted by atomic mass is 16.2. The molecule has 0 aromatic carbocycles. The van der Waals surface area contributed by atoms with Gasteiger partial charge in [0.1, 0.15) is 17.0 Å². The lowest BCUT2D eigenvalue weighted by Gasteiger charge is -2.10. The molecule has 0 unspecified atom stereocenters. The van der Waals surface area contributed by atoms with Crippen molar-refractivity contribution in [1.29, 1.82) is 0 Å². The van der Waals surface area contributed by atoms with Gasteiger partial charge >= 0.3 is 0 Å². The first-order chi connectivity index (χ1) is 16.2. The summed E-state index contributed by atoms with van der Waals surface area (Å²) in [5, 5.41) is 3.41. The predicted octanol–water partition coefficient (Wildman–Crippen LogP) is 3.45. The van der Waals surface area contributed by atoms with Crippen molar-refractivity contribution in [2.75, 3.05) is 0 Å². The third-order valence-electron chi connectivity index (χ3n) is 5.51. The fourth-order valence-corrected chi connectivity index (χ4v) is 3.93. The molecular formula is C25H22N6O2. The van der Waals surface area contributed by atoms with Gasteiger partial charge in [-0.3, -0.25) is 24.0 Å². The second-order valence-corrected chi connectivity index (χ2v) is 7.73. The number of nitrogens with zero attached hydrogens (tertiary/aromatic N) is 5. The third kappa shape index (κ3) is 3.87. The Morgan fingerprint density at radius 2 is 1.91 bits per heavy atom. The summed E-state index contributed by atoms with van der Waals surface area (Å²) in [6.45, 7) is 2.95. The molecule has 5 heterocycles. The van der Waals surface area contributed by atoms with E-state index >= 15 is 0 Å². The minimum Gasteiger partial charge on any atom is -0.347 e. The van der Waals surface area contributed by atoms with E-state index in [2.05, 4.69) is 20.3 Å². The van der Waals surface area contributed by atoms with E-state index in [0.717, 1.165) is 23.2 Å². The zero-order chi connectivity index (χ0) is 22.8. The number of carbonyl (C=O) groups excluding carboxylic acids is 1. The fourth-order valence-electron chi connectivity index (χ4n) is 3.93. The van der Waals surface area contributed by atoms with Gasteiger partial charge in [-0.15, -0.1) is 0 Å². The summed E-state index contributed by atoms with van der Waals surface area (Å²) in [7, 11) is 0.